The number of unbranched alkanes of at least 4 members (excludes halogenated alkanes) is 5. The van der Waals surface area contributed by atoms with Crippen molar-refractivity contribution in [1.29, 1.82) is 0 Å². The molecule has 0 aliphatic carbocycles. The highest BCUT2D eigenvalue weighted by molar-refractivity contribution is 5.91. The molecule has 5 rings (SSSR count). The summed E-state index contributed by atoms with van der Waals surface area (Å²) < 4.78 is 42.1. The van der Waals surface area contributed by atoms with Gasteiger partial charge in [-0.3, -0.25) is 4.79 Å². The van der Waals surface area contributed by atoms with Crippen LogP contribution in [0.15, 0.2) is 121 Å². The second-order valence-corrected chi connectivity index (χ2v) is 13.8. The van der Waals surface area contributed by atoms with E-state index in [-0.39, 0.29) is 28.7 Å². The number of hydrogen-bond acceptors (Lipinski definition) is 12. The molecule has 0 spiro atoms. The molecule has 1 heterocycles. The molecule has 12 nitrogen and oxygen atoms in total. The van der Waals surface area contributed by atoms with Crippen LogP contribution in [-0.4, -0.2) is 80.4 Å². The Kier molecular flexibility index (Phi) is 17.0. The largest absolute Gasteiger partial charge is 0.469 e. The van der Waals surface area contributed by atoms with Crippen molar-refractivity contribution in [2.45, 2.75) is 95.1 Å². The van der Waals surface area contributed by atoms with Crippen molar-refractivity contribution in [3.63, 3.8) is 0 Å². The normalized spacial score (nSPS) is 19.2. The van der Waals surface area contributed by atoms with Gasteiger partial charge in [0.15, 0.2) is 24.6 Å². The molecule has 0 aromatic heterocycles. The summed E-state index contributed by atoms with van der Waals surface area (Å²) in [7, 11) is 1.27. The van der Waals surface area contributed by atoms with Crippen molar-refractivity contribution in [3.05, 3.63) is 144 Å². The number of carbonyl (C=O) groups excluding carboxylic acids is 5. The Morgan fingerprint density at radius 1 is 0.552 bits per heavy atom. The standard InChI is InChI=1S/C46H50O12/c1-3-4-5-6-7-20-29-36(30-38(47)52-2)54-46-41(58-45(51)35-27-18-11-19-28-35)40(57-44(50)34-25-16-10-17-26-34)39(56-43(49)33-23-14-9-15-24-33)37(55-46)31-53-42(48)32-21-12-8-13-22-32/h8-19,21-28,36-37,39-41,46H,3-7,20,29-31H2,1-2H3/t36-,37+,39+,40-,41+,46+/m0/s1. The predicted octanol–water partition coefficient (Wildman–Crippen LogP) is 7.94. The minimum absolute atomic E-state index is 0.159. The quantitative estimate of drug-likeness (QED) is 0.0486. The third kappa shape index (κ3) is 12.8. The molecule has 0 unspecified atom stereocenters. The lowest BCUT2D eigenvalue weighted by molar-refractivity contribution is -0.309. The van der Waals surface area contributed by atoms with E-state index in [0.717, 1.165) is 32.1 Å². The van der Waals surface area contributed by atoms with E-state index in [1.807, 2.05) is 0 Å². The molecule has 1 aliphatic heterocycles. The van der Waals surface area contributed by atoms with Gasteiger partial charge in [0.25, 0.3) is 0 Å². The summed E-state index contributed by atoms with van der Waals surface area (Å²) in [5, 5.41) is 0. The zero-order valence-corrected chi connectivity index (χ0v) is 32.8. The van der Waals surface area contributed by atoms with Gasteiger partial charge in [-0.05, 0) is 55.0 Å². The highest BCUT2D eigenvalue weighted by Gasteiger charge is 2.54. The number of hydrogen-bond donors (Lipinski definition) is 0. The van der Waals surface area contributed by atoms with Crippen molar-refractivity contribution in [3.8, 4) is 0 Å². The molecule has 306 valence electrons. The molecule has 0 bridgehead atoms. The van der Waals surface area contributed by atoms with Crippen LogP contribution in [0.2, 0.25) is 0 Å². The number of methoxy groups -OCH3 is 1. The number of benzene rings is 4. The third-order valence-corrected chi connectivity index (χ3v) is 9.57. The van der Waals surface area contributed by atoms with E-state index >= 15 is 0 Å². The summed E-state index contributed by atoms with van der Waals surface area (Å²) in [5.74, 6) is -3.69. The average molecular weight is 795 g/mol. The summed E-state index contributed by atoms with van der Waals surface area (Å²) >= 11 is 0. The monoisotopic (exact) mass is 794 g/mol. The molecule has 0 amide bonds. The van der Waals surface area contributed by atoms with E-state index in [1.54, 1.807) is 109 Å². The fourth-order valence-electron chi connectivity index (χ4n) is 6.47. The van der Waals surface area contributed by atoms with Gasteiger partial charge in [0.05, 0.1) is 41.9 Å². The summed E-state index contributed by atoms with van der Waals surface area (Å²) in [6.07, 6.45) is -2.23. The van der Waals surface area contributed by atoms with Crippen LogP contribution in [0.5, 0.6) is 0 Å². The zero-order chi connectivity index (χ0) is 41.1. The van der Waals surface area contributed by atoms with E-state index in [9.17, 15) is 24.0 Å². The highest BCUT2D eigenvalue weighted by atomic mass is 16.7. The van der Waals surface area contributed by atoms with Crippen molar-refractivity contribution in [1.82, 2.24) is 0 Å². The first-order chi connectivity index (χ1) is 28.3. The van der Waals surface area contributed by atoms with E-state index in [2.05, 4.69) is 6.92 Å². The lowest BCUT2D eigenvalue weighted by Gasteiger charge is -2.45. The fourth-order valence-corrected chi connectivity index (χ4v) is 6.47. The van der Waals surface area contributed by atoms with Crippen LogP contribution in [-0.2, 0) is 38.0 Å². The Morgan fingerprint density at radius 2 is 0.983 bits per heavy atom. The maximum absolute atomic E-state index is 13.9. The zero-order valence-electron chi connectivity index (χ0n) is 32.8. The van der Waals surface area contributed by atoms with Crippen LogP contribution in [0.3, 0.4) is 0 Å². The van der Waals surface area contributed by atoms with Crippen molar-refractivity contribution >= 4 is 29.8 Å². The molecule has 0 N–H and O–H groups in total. The first-order valence-electron chi connectivity index (χ1n) is 19.6. The maximum Gasteiger partial charge on any atom is 0.338 e. The van der Waals surface area contributed by atoms with E-state index in [4.69, 9.17) is 33.2 Å². The Bertz CT molecular complexity index is 1890. The highest BCUT2D eigenvalue weighted by Crippen LogP contribution is 2.33. The summed E-state index contributed by atoms with van der Waals surface area (Å²) in [6.45, 7) is 1.64. The van der Waals surface area contributed by atoms with Gasteiger partial charge in [0.1, 0.15) is 12.7 Å². The lowest BCUT2D eigenvalue weighted by atomic mass is 9.97. The Morgan fingerprint density at radius 3 is 1.47 bits per heavy atom. The van der Waals surface area contributed by atoms with Crippen molar-refractivity contribution in [2.24, 2.45) is 0 Å². The van der Waals surface area contributed by atoms with E-state index < -0.39 is 73.3 Å². The molecule has 1 fully saturated rings. The van der Waals surface area contributed by atoms with E-state index in [0.29, 0.717) is 12.8 Å². The number of esters is 5. The number of carbonyl (C=O) groups is 5. The van der Waals surface area contributed by atoms with Gasteiger partial charge >= 0.3 is 29.8 Å². The molecule has 58 heavy (non-hydrogen) atoms. The minimum atomic E-state index is -1.58. The van der Waals surface area contributed by atoms with Gasteiger partial charge in [-0.2, -0.15) is 0 Å². The lowest BCUT2D eigenvalue weighted by Crippen LogP contribution is -2.63. The van der Waals surface area contributed by atoms with Crippen LogP contribution in [0, 0.1) is 0 Å². The molecule has 0 saturated carbocycles. The summed E-state index contributed by atoms with van der Waals surface area (Å²) in [5.41, 5.74) is 0.752. The number of rotatable bonds is 20. The van der Waals surface area contributed by atoms with E-state index in [1.165, 1.54) is 19.2 Å². The van der Waals surface area contributed by atoms with Gasteiger partial charge in [0.2, 0.25) is 0 Å². The SMILES string of the molecule is CCCCCCCC[C@@H](CC(=O)OC)O[C@@H]1O[C@H](COC(=O)c2ccccc2)[C@@H](OC(=O)c2ccccc2)[C@H](OC(=O)c2ccccc2)[C@H]1OC(=O)c1ccccc1. The maximum atomic E-state index is 13.9. The van der Waals surface area contributed by atoms with Gasteiger partial charge < -0.3 is 33.2 Å². The van der Waals surface area contributed by atoms with Gasteiger partial charge in [-0.15, -0.1) is 0 Å². The third-order valence-electron chi connectivity index (χ3n) is 9.57. The van der Waals surface area contributed by atoms with Crippen LogP contribution >= 0.6 is 0 Å². The summed E-state index contributed by atoms with van der Waals surface area (Å²) in [6, 6.07) is 32.6. The molecule has 1 saturated heterocycles. The Hall–Kier alpha value is -5.85. The molecule has 1 aliphatic rings. The number of ether oxygens (including phenoxy) is 7. The molecular weight excluding hydrogens is 744 g/mol. The summed E-state index contributed by atoms with van der Waals surface area (Å²) in [4.78, 5) is 67.5. The fraction of sp³-hybridized carbons (Fsp3) is 0.370. The van der Waals surface area contributed by atoms with Gasteiger partial charge in [-0.1, -0.05) is 118 Å². The first-order valence-corrected chi connectivity index (χ1v) is 19.6. The second-order valence-electron chi connectivity index (χ2n) is 13.8. The molecule has 4 aromatic carbocycles. The van der Waals surface area contributed by atoms with Gasteiger partial charge in [0, 0.05) is 0 Å². The molecule has 0 radical (unpaired) electrons. The van der Waals surface area contributed by atoms with Crippen LogP contribution in [0.25, 0.3) is 0 Å². The average Bonchev–Trinajstić information content (AvgIpc) is 3.26. The first kappa shape index (κ1) is 43.3. The Labute approximate surface area is 338 Å². The minimum Gasteiger partial charge on any atom is -0.469 e. The molecule has 4 aromatic rings. The molecular formula is C46H50O12. The van der Waals surface area contributed by atoms with Crippen molar-refractivity contribution < 1.29 is 57.1 Å². The molecule has 6 atom stereocenters. The smallest absolute Gasteiger partial charge is 0.338 e. The van der Waals surface area contributed by atoms with Gasteiger partial charge in [-0.25, -0.2) is 19.2 Å². The second kappa shape index (κ2) is 22.8. The predicted molar refractivity (Wildman–Crippen MR) is 212 cm³/mol. The van der Waals surface area contributed by atoms with Crippen LogP contribution < -0.4 is 0 Å². The van der Waals surface area contributed by atoms with Crippen LogP contribution in [0.4, 0.5) is 0 Å². The molecule has 12 heteroatoms. The Balaban J connectivity index is 1.56. The van der Waals surface area contributed by atoms with Crippen molar-refractivity contribution in [2.75, 3.05) is 13.7 Å². The van der Waals surface area contributed by atoms with Crippen LogP contribution in [0.1, 0.15) is 99.7 Å². The topological polar surface area (TPSA) is 150 Å².